The van der Waals surface area contributed by atoms with Crippen molar-refractivity contribution in [2.75, 3.05) is 0 Å². The third-order valence-electron chi connectivity index (χ3n) is 2.37. The normalized spacial score (nSPS) is 10.1. The Balaban J connectivity index is 2.01. The molecule has 0 fully saturated rings. The predicted molar refractivity (Wildman–Crippen MR) is 77.2 cm³/mol. The topological polar surface area (TPSA) is 42.0 Å². The zero-order valence-corrected chi connectivity index (χ0v) is 12.5. The zero-order chi connectivity index (χ0) is 13.0. The van der Waals surface area contributed by atoms with Crippen molar-refractivity contribution in [3.05, 3.63) is 62.8 Å². The van der Waals surface area contributed by atoms with Crippen molar-refractivity contribution in [3.8, 4) is 0 Å². The lowest BCUT2D eigenvalue weighted by Crippen LogP contribution is -2.23. The molecule has 1 N–H and O–H groups in total. The van der Waals surface area contributed by atoms with Gasteiger partial charge in [0.25, 0.3) is 5.91 Å². The maximum absolute atomic E-state index is 11.9. The number of nitrogens with zero attached hydrogens (tertiary/aromatic N) is 1. The van der Waals surface area contributed by atoms with E-state index in [2.05, 4.69) is 42.2 Å². The first-order valence-corrected chi connectivity index (χ1v) is 6.88. The van der Waals surface area contributed by atoms with Crippen LogP contribution in [0.1, 0.15) is 15.9 Å². The summed E-state index contributed by atoms with van der Waals surface area (Å²) in [5, 5.41) is 2.85. The number of carbonyl (C=O) groups is 1. The molecular formula is C13H10Br2N2O. The quantitative estimate of drug-likeness (QED) is 0.841. The van der Waals surface area contributed by atoms with Gasteiger partial charge in [-0.1, -0.05) is 28.1 Å². The number of amides is 1. The van der Waals surface area contributed by atoms with Crippen LogP contribution in [0, 0.1) is 0 Å². The highest BCUT2D eigenvalue weighted by atomic mass is 79.9. The lowest BCUT2D eigenvalue weighted by atomic mass is 10.2. The van der Waals surface area contributed by atoms with E-state index in [0.29, 0.717) is 16.7 Å². The van der Waals surface area contributed by atoms with Gasteiger partial charge in [0.2, 0.25) is 0 Å². The smallest absolute Gasteiger partial charge is 0.254 e. The molecule has 1 aromatic carbocycles. The Hall–Kier alpha value is -1.20. The summed E-state index contributed by atoms with van der Waals surface area (Å²) in [5.74, 6) is -0.141. The number of nitrogens with one attached hydrogen (secondary N) is 1. The Morgan fingerprint density at radius 3 is 2.56 bits per heavy atom. The molecule has 2 aromatic rings. The molecular weight excluding hydrogens is 360 g/mol. The molecule has 5 heteroatoms. The Bertz CT molecular complexity index is 555. The fraction of sp³-hybridized carbons (Fsp3) is 0.0769. The third kappa shape index (κ3) is 3.40. The molecule has 0 spiro atoms. The number of carbonyl (C=O) groups excluding carboxylic acids is 1. The molecule has 0 unspecified atom stereocenters. The number of rotatable bonds is 3. The molecule has 0 saturated heterocycles. The maximum atomic E-state index is 11.9. The number of hydrogen-bond acceptors (Lipinski definition) is 2. The Kier molecular flexibility index (Phi) is 4.49. The van der Waals surface area contributed by atoms with Crippen LogP contribution in [0.5, 0.6) is 0 Å². The van der Waals surface area contributed by atoms with E-state index in [9.17, 15) is 4.79 Å². The van der Waals surface area contributed by atoms with Gasteiger partial charge in [0.15, 0.2) is 0 Å². The van der Waals surface area contributed by atoms with Crippen LogP contribution >= 0.6 is 31.9 Å². The van der Waals surface area contributed by atoms with Gasteiger partial charge >= 0.3 is 0 Å². The standard InChI is InChI=1S/C13H10Br2N2O/c14-10-5-3-9(4-6-10)8-17-13(18)11-2-1-7-16-12(11)15/h1-7H,8H2,(H,17,18). The SMILES string of the molecule is O=C(NCc1ccc(Br)cc1)c1cccnc1Br. The minimum absolute atomic E-state index is 0.141. The van der Waals surface area contributed by atoms with E-state index in [4.69, 9.17) is 0 Å². The van der Waals surface area contributed by atoms with Crippen molar-refractivity contribution in [3.63, 3.8) is 0 Å². The molecule has 0 bridgehead atoms. The van der Waals surface area contributed by atoms with Gasteiger partial charge in [-0.2, -0.15) is 0 Å². The highest BCUT2D eigenvalue weighted by molar-refractivity contribution is 9.10. The van der Waals surface area contributed by atoms with Crippen LogP contribution in [0.3, 0.4) is 0 Å². The van der Waals surface area contributed by atoms with Crippen molar-refractivity contribution < 1.29 is 4.79 Å². The number of halogens is 2. The molecule has 1 amide bonds. The molecule has 2 rings (SSSR count). The van der Waals surface area contributed by atoms with Crippen LogP contribution < -0.4 is 5.32 Å². The van der Waals surface area contributed by atoms with E-state index in [0.717, 1.165) is 10.0 Å². The van der Waals surface area contributed by atoms with Crippen molar-refractivity contribution >= 4 is 37.8 Å². The van der Waals surface area contributed by atoms with E-state index < -0.39 is 0 Å². The summed E-state index contributed by atoms with van der Waals surface area (Å²) in [6, 6.07) is 11.3. The summed E-state index contributed by atoms with van der Waals surface area (Å²) in [4.78, 5) is 15.9. The van der Waals surface area contributed by atoms with Crippen LogP contribution in [-0.2, 0) is 6.54 Å². The summed E-state index contributed by atoms with van der Waals surface area (Å²) in [6.45, 7) is 0.493. The molecule has 0 aliphatic heterocycles. The van der Waals surface area contributed by atoms with Crippen LogP contribution in [0.25, 0.3) is 0 Å². The Morgan fingerprint density at radius 2 is 1.89 bits per heavy atom. The Morgan fingerprint density at radius 1 is 1.17 bits per heavy atom. The van der Waals surface area contributed by atoms with E-state index in [-0.39, 0.29) is 5.91 Å². The van der Waals surface area contributed by atoms with E-state index >= 15 is 0 Å². The van der Waals surface area contributed by atoms with Gasteiger partial charge in [-0.3, -0.25) is 4.79 Å². The van der Waals surface area contributed by atoms with Crippen molar-refractivity contribution in [1.82, 2.24) is 10.3 Å². The summed E-state index contributed by atoms with van der Waals surface area (Å²) < 4.78 is 1.57. The molecule has 0 aliphatic carbocycles. The number of benzene rings is 1. The second kappa shape index (κ2) is 6.11. The second-order valence-electron chi connectivity index (χ2n) is 3.65. The van der Waals surface area contributed by atoms with Gasteiger partial charge in [0, 0.05) is 17.2 Å². The molecule has 1 aromatic heterocycles. The average Bonchev–Trinajstić information content (AvgIpc) is 2.38. The van der Waals surface area contributed by atoms with Crippen LogP contribution in [0.4, 0.5) is 0 Å². The van der Waals surface area contributed by atoms with Crippen LogP contribution in [0.15, 0.2) is 51.7 Å². The third-order valence-corrected chi connectivity index (χ3v) is 3.53. The highest BCUT2D eigenvalue weighted by Crippen LogP contribution is 2.13. The summed E-state index contributed by atoms with van der Waals surface area (Å²) in [7, 11) is 0. The number of hydrogen-bond donors (Lipinski definition) is 1. The Labute approximate surface area is 122 Å². The fourth-order valence-electron chi connectivity index (χ4n) is 1.44. The summed E-state index contributed by atoms with van der Waals surface area (Å²) >= 11 is 6.62. The molecule has 0 aliphatic rings. The first kappa shape index (κ1) is 13.2. The monoisotopic (exact) mass is 368 g/mol. The predicted octanol–water partition coefficient (Wildman–Crippen LogP) is 3.54. The molecule has 18 heavy (non-hydrogen) atoms. The van der Waals surface area contributed by atoms with E-state index in [1.165, 1.54) is 0 Å². The minimum atomic E-state index is -0.141. The minimum Gasteiger partial charge on any atom is -0.348 e. The molecule has 3 nitrogen and oxygen atoms in total. The van der Waals surface area contributed by atoms with Crippen LogP contribution in [0.2, 0.25) is 0 Å². The lowest BCUT2D eigenvalue weighted by molar-refractivity contribution is 0.0949. The van der Waals surface area contributed by atoms with Gasteiger partial charge in [0.05, 0.1) is 5.56 Å². The van der Waals surface area contributed by atoms with Gasteiger partial charge in [-0.25, -0.2) is 4.98 Å². The van der Waals surface area contributed by atoms with Gasteiger partial charge in [0.1, 0.15) is 4.60 Å². The zero-order valence-electron chi connectivity index (χ0n) is 9.36. The second-order valence-corrected chi connectivity index (χ2v) is 5.32. The van der Waals surface area contributed by atoms with E-state index in [1.807, 2.05) is 24.3 Å². The van der Waals surface area contributed by atoms with E-state index in [1.54, 1.807) is 18.3 Å². The number of pyridine rings is 1. The fourth-order valence-corrected chi connectivity index (χ4v) is 2.13. The lowest BCUT2D eigenvalue weighted by Gasteiger charge is -2.06. The summed E-state index contributed by atoms with van der Waals surface area (Å²) in [6.07, 6.45) is 1.63. The van der Waals surface area contributed by atoms with Crippen LogP contribution in [-0.4, -0.2) is 10.9 Å². The van der Waals surface area contributed by atoms with Crippen molar-refractivity contribution in [1.29, 1.82) is 0 Å². The molecule has 0 saturated carbocycles. The molecule has 92 valence electrons. The van der Waals surface area contributed by atoms with Crippen molar-refractivity contribution in [2.24, 2.45) is 0 Å². The maximum Gasteiger partial charge on any atom is 0.254 e. The van der Waals surface area contributed by atoms with Gasteiger partial charge < -0.3 is 5.32 Å². The summed E-state index contributed by atoms with van der Waals surface area (Å²) in [5.41, 5.74) is 1.58. The highest BCUT2D eigenvalue weighted by Gasteiger charge is 2.09. The first-order chi connectivity index (χ1) is 8.66. The van der Waals surface area contributed by atoms with Crippen molar-refractivity contribution in [2.45, 2.75) is 6.54 Å². The molecule has 0 radical (unpaired) electrons. The first-order valence-electron chi connectivity index (χ1n) is 5.30. The van der Waals surface area contributed by atoms with Gasteiger partial charge in [-0.15, -0.1) is 0 Å². The number of aromatic nitrogens is 1. The average molecular weight is 370 g/mol. The van der Waals surface area contributed by atoms with Gasteiger partial charge in [-0.05, 0) is 45.8 Å². The largest absolute Gasteiger partial charge is 0.348 e. The molecule has 1 heterocycles. The molecule has 0 atom stereocenters.